The van der Waals surface area contributed by atoms with Gasteiger partial charge in [0.05, 0.1) is 5.69 Å². The average molecular weight is 432 g/mol. The van der Waals surface area contributed by atoms with Crippen molar-refractivity contribution in [3.05, 3.63) is 59.0 Å². The number of nitrogens with one attached hydrogen (secondary N) is 2. The smallest absolute Gasteiger partial charge is 0.307 e. The maximum Gasteiger partial charge on any atom is 0.307 e. The third-order valence-electron chi connectivity index (χ3n) is 4.55. The van der Waals surface area contributed by atoms with Gasteiger partial charge in [-0.25, -0.2) is 19.3 Å². The lowest BCUT2D eigenvalue weighted by atomic mass is 10.1. The normalized spacial score (nSPS) is 14.5. The number of hydrogen-bond donors (Lipinski definition) is 2. The second kappa shape index (κ2) is 9.19. The number of carbonyl (C=O) groups is 1. The Bertz CT molecular complexity index is 1020. The van der Waals surface area contributed by atoms with E-state index in [2.05, 4.69) is 25.6 Å². The van der Waals surface area contributed by atoms with Gasteiger partial charge in [0.2, 0.25) is 5.95 Å². The van der Waals surface area contributed by atoms with E-state index in [-0.39, 0.29) is 23.5 Å². The molecule has 30 heavy (non-hydrogen) atoms. The SMILES string of the molecule is O=C(NCc1cc(F)cc(Cl)c1)c1nc(-c2ccnc(NC3CCOCC3)n2)co1. The highest BCUT2D eigenvalue weighted by atomic mass is 35.5. The lowest BCUT2D eigenvalue weighted by molar-refractivity contribution is 0.0902. The Morgan fingerprint density at radius 1 is 1.20 bits per heavy atom. The zero-order valence-electron chi connectivity index (χ0n) is 15.9. The quantitative estimate of drug-likeness (QED) is 0.616. The summed E-state index contributed by atoms with van der Waals surface area (Å²) >= 11 is 5.82. The number of rotatable bonds is 6. The number of benzene rings is 1. The van der Waals surface area contributed by atoms with E-state index in [4.69, 9.17) is 20.8 Å². The molecule has 0 saturated carbocycles. The van der Waals surface area contributed by atoms with Crippen molar-refractivity contribution in [1.29, 1.82) is 0 Å². The zero-order valence-corrected chi connectivity index (χ0v) is 16.7. The molecule has 1 aromatic carbocycles. The number of anilines is 1. The Kier molecular flexibility index (Phi) is 6.20. The van der Waals surface area contributed by atoms with Crippen LogP contribution in [0, 0.1) is 5.82 Å². The fourth-order valence-electron chi connectivity index (χ4n) is 3.06. The molecule has 10 heteroatoms. The molecule has 1 aliphatic heterocycles. The zero-order chi connectivity index (χ0) is 20.9. The molecule has 2 N–H and O–H groups in total. The van der Waals surface area contributed by atoms with E-state index in [9.17, 15) is 9.18 Å². The van der Waals surface area contributed by atoms with E-state index in [0.717, 1.165) is 12.8 Å². The van der Waals surface area contributed by atoms with Gasteiger partial charge in [0.25, 0.3) is 5.89 Å². The van der Waals surface area contributed by atoms with Crippen LogP contribution in [-0.2, 0) is 11.3 Å². The first-order valence-corrected chi connectivity index (χ1v) is 9.81. The largest absolute Gasteiger partial charge is 0.440 e. The summed E-state index contributed by atoms with van der Waals surface area (Å²) in [4.78, 5) is 25.2. The molecule has 0 aliphatic carbocycles. The molecule has 1 fully saturated rings. The fraction of sp³-hybridized carbons (Fsp3) is 0.300. The number of amides is 1. The molecule has 0 atom stereocenters. The summed E-state index contributed by atoms with van der Waals surface area (Å²) in [6.45, 7) is 1.50. The lowest BCUT2D eigenvalue weighted by Gasteiger charge is -2.23. The van der Waals surface area contributed by atoms with Gasteiger partial charge in [-0.2, -0.15) is 0 Å². The maximum absolute atomic E-state index is 13.4. The van der Waals surface area contributed by atoms with Gasteiger partial charge < -0.3 is 19.8 Å². The summed E-state index contributed by atoms with van der Waals surface area (Å²) < 4.78 is 24.0. The van der Waals surface area contributed by atoms with E-state index in [1.165, 1.54) is 18.4 Å². The van der Waals surface area contributed by atoms with Crippen LogP contribution >= 0.6 is 11.6 Å². The number of carbonyl (C=O) groups excluding carboxylic acids is 1. The minimum Gasteiger partial charge on any atom is -0.440 e. The molecule has 3 heterocycles. The van der Waals surface area contributed by atoms with E-state index < -0.39 is 11.7 Å². The third kappa shape index (κ3) is 5.11. The first-order chi connectivity index (χ1) is 14.6. The van der Waals surface area contributed by atoms with Crippen molar-refractivity contribution >= 4 is 23.5 Å². The van der Waals surface area contributed by atoms with Crippen LogP contribution in [0.1, 0.15) is 29.1 Å². The summed E-state index contributed by atoms with van der Waals surface area (Å²) in [5, 5.41) is 6.17. The highest BCUT2D eigenvalue weighted by Crippen LogP contribution is 2.19. The molecule has 1 saturated heterocycles. The highest BCUT2D eigenvalue weighted by molar-refractivity contribution is 6.30. The first-order valence-electron chi connectivity index (χ1n) is 9.43. The van der Waals surface area contributed by atoms with Crippen molar-refractivity contribution in [3.8, 4) is 11.4 Å². The number of aromatic nitrogens is 3. The van der Waals surface area contributed by atoms with Gasteiger partial charge in [0.1, 0.15) is 17.8 Å². The van der Waals surface area contributed by atoms with E-state index in [0.29, 0.717) is 36.1 Å². The number of oxazole rings is 1. The van der Waals surface area contributed by atoms with Crippen LogP contribution in [0.4, 0.5) is 10.3 Å². The summed E-state index contributed by atoms with van der Waals surface area (Å²) in [5.74, 6) is -0.642. The van der Waals surface area contributed by atoms with Gasteiger partial charge >= 0.3 is 5.91 Å². The minimum atomic E-state index is -0.531. The number of ether oxygens (including phenoxy) is 1. The topological polar surface area (TPSA) is 102 Å². The fourth-order valence-corrected chi connectivity index (χ4v) is 3.31. The van der Waals surface area contributed by atoms with Crippen LogP contribution in [0.15, 0.2) is 41.1 Å². The first kappa shape index (κ1) is 20.2. The van der Waals surface area contributed by atoms with Gasteiger partial charge in [-0.05, 0) is 42.7 Å². The summed E-state index contributed by atoms with van der Waals surface area (Å²) in [7, 11) is 0. The molecule has 8 nitrogen and oxygen atoms in total. The number of nitrogens with zero attached hydrogens (tertiary/aromatic N) is 3. The molecule has 156 valence electrons. The van der Waals surface area contributed by atoms with Crippen molar-refractivity contribution in [2.45, 2.75) is 25.4 Å². The number of halogens is 2. The van der Waals surface area contributed by atoms with Gasteiger partial charge in [0, 0.05) is 37.0 Å². The molecular weight excluding hydrogens is 413 g/mol. The molecule has 4 rings (SSSR count). The standard InChI is InChI=1S/C20H19ClFN5O3/c21-13-7-12(8-14(22)9-13)10-24-18(28)19-26-17(11-30-19)16-1-4-23-20(27-16)25-15-2-5-29-6-3-15/h1,4,7-9,11,15H,2-3,5-6,10H2,(H,24,28)(H,23,25,27). The van der Waals surface area contributed by atoms with E-state index in [1.807, 2.05) is 0 Å². The van der Waals surface area contributed by atoms with Gasteiger partial charge in [-0.1, -0.05) is 11.6 Å². The summed E-state index contributed by atoms with van der Waals surface area (Å²) in [6.07, 6.45) is 4.75. The Hall–Kier alpha value is -3.04. The molecule has 0 unspecified atom stereocenters. The third-order valence-corrected chi connectivity index (χ3v) is 4.76. The second-order valence-electron chi connectivity index (χ2n) is 6.79. The van der Waals surface area contributed by atoms with E-state index in [1.54, 1.807) is 18.3 Å². The van der Waals surface area contributed by atoms with Crippen LogP contribution in [0.3, 0.4) is 0 Å². The molecular formula is C20H19ClFN5O3. The summed E-state index contributed by atoms with van der Waals surface area (Å²) in [6, 6.07) is 5.99. The predicted octanol–water partition coefficient (Wildman–Crippen LogP) is 3.45. The molecule has 0 bridgehead atoms. The molecule has 3 aromatic rings. The van der Waals surface area contributed by atoms with Crippen LogP contribution in [0.5, 0.6) is 0 Å². The maximum atomic E-state index is 13.4. The molecule has 1 aliphatic rings. The molecule has 0 radical (unpaired) electrons. The van der Waals surface area contributed by atoms with E-state index >= 15 is 0 Å². The lowest BCUT2D eigenvalue weighted by Crippen LogP contribution is -2.28. The molecule has 2 aromatic heterocycles. The second-order valence-corrected chi connectivity index (χ2v) is 7.23. The average Bonchev–Trinajstić information content (AvgIpc) is 3.23. The highest BCUT2D eigenvalue weighted by Gasteiger charge is 2.17. The van der Waals surface area contributed by atoms with Crippen LogP contribution in [-0.4, -0.2) is 40.1 Å². The Morgan fingerprint density at radius 2 is 2.03 bits per heavy atom. The van der Waals surface area contributed by atoms with Gasteiger partial charge in [-0.3, -0.25) is 4.79 Å². The van der Waals surface area contributed by atoms with Crippen molar-refractivity contribution in [3.63, 3.8) is 0 Å². The van der Waals surface area contributed by atoms with Crippen LogP contribution < -0.4 is 10.6 Å². The van der Waals surface area contributed by atoms with Crippen LogP contribution in [0.2, 0.25) is 5.02 Å². The van der Waals surface area contributed by atoms with Crippen molar-refractivity contribution < 1.29 is 18.3 Å². The monoisotopic (exact) mass is 431 g/mol. The molecule has 1 amide bonds. The molecule has 0 spiro atoms. The van der Waals surface area contributed by atoms with Crippen molar-refractivity contribution in [2.75, 3.05) is 18.5 Å². The van der Waals surface area contributed by atoms with Gasteiger partial charge in [-0.15, -0.1) is 0 Å². The summed E-state index contributed by atoms with van der Waals surface area (Å²) in [5.41, 5.74) is 1.46. The van der Waals surface area contributed by atoms with Crippen LogP contribution in [0.25, 0.3) is 11.4 Å². The van der Waals surface area contributed by atoms with Gasteiger partial charge in [0.15, 0.2) is 0 Å². The Morgan fingerprint density at radius 3 is 2.83 bits per heavy atom. The van der Waals surface area contributed by atoms with Crippen molar-refractivity contribution in [2.24, 2.45) is 0 Å². The predicted molar refractivity (Wildman–Crippen MR) is 108 cm³/mol. The minimum absolute atomic E-state index is 0.0840. The Balaban J connectivity index is 1.40. The Labute approximate surface area is 176 Å². The van der Waals surface area contributed by atoms with Crippen molar-refractivity contribution in [1.82, 2.24) is 20.3 Å². The number of hydrogen-bond acceptors (Lipinski definition) is 7.